The summed E-state index contributed by atoms with van der Waals surface area (Å²) >= 11 is 13.8. The van der Waals surface area contributed by atoms with Crippen molar-refractivity contribution in [3.8, 4) is 0 Å². The Morgan fingerprint density at radius 3 is 2.33 bits per heavy atom. The molecule has 128 valence electrons. The van der Waals surface area contributed by atoms with E-state index in [9.17, 15) is 4.79 Å². The third-order valence-electron chi connectivity index (χ3n) is 3.81. The molecular formula is C19H21Cl2NOS. The normalized spacial score (nSPS) is 12.0. The van der Waals surface area contributed by atoms with Gasteiger partial charge in [0.2, 0.25) is 5.91 Å². The molecule has 0 aliphatic rings. The van der Waals surface area contributed by atoms with Crippen molar-refractivity contribution in [1.29, 1.82) is 0 Å². The topological polar surface area (TPSA) is 29.1 Å². The lowest BCUT2D eigenvalue weighted by Crippen LogP contribution is -2.28. The summed E-state index contributed by atoms with van der Waals surface area (Å²) < 4.78 is 0. The molecule has 0 aliphatic heterocycles. The van der Waals surface area contributed by atoms with Crippen molar-refractivity contribution < 1.29 is 4.79 Å². The molecule has 0 saturated carbocycles. The monoisotopic (exact) mass is 381 g/mol. The molecule has 0 spiro atoms. The van der Waals surface area contributed by atoms with E-state index in [0.717, 1.165) is 17.5 Å². The second-order valence-electron chi connectivity index (χ2n) is 5.58. The fourth-order valence-corrected chi connectivity index (χ4v) is 3.90. The van der Waals surface area contributed by atoms with Gasteiger partial charge in [-0.15, -0.1) is 11.8 Å². The lowest BCUT2D eigenvalue weighted by Gasteiger charge is -2.15. The van der Waals surface area contributed by atoms with Crippen LogP contribution in [0.25, 0.3) is 0 Å². The zero-order chi connectivity index (χ0) is 17.5. The first-order valence-electron chi connectivity index (χ1n) is 7.90. The Morgan fingerprint density at radius 1 is 1.12 bits per heavy atom. The number of carbonyl (C=O) groups is 1. The maximum atomic E-state index is 12.1. The van der Waals surface area contributed by atoms with Crippen LogP contribution in [-0.4, -0.2) is 11.7 Å². The molecule has 1 atom stereocenters. The van der Waals surface area contributed by atoms with E-state index in [-0.39, 0.29) is 11.9 Å². The first-order chi connectivity index (χ1) is 11.5. The molecule has 0 unspecified atom stereocenters. The first-order valence-corrected chi connectivity index (χ1v) is 9.81. The number of amides is 1. The molecule has 0 saturated heterocycles. The highest BCUT2D eigenvalue weighted by Crippen LogP contribution is 2.28. The van der Waals surface area contributed by atoms with Gasteiger partial charge in [0.15, 0.2) is 0 Å². The van der Waals surface area contributed by atoms with Crippen LogP contribution in [0.1, 0.15) is 36.6 Å². The number of carbonyl (C=O) groups excluding carboxylic acids is 1. The molecule has 0 aliphatic carbocycles. The van der Waals surface area contributed by atoms with Crippen LogP contribution in [0.5, 0.6) is 0 Å². The highest BCUT2D eigenvalue weighted by molar-refractivity contribution is 7.99. The molecule has 0 fully saturated rings. The van der Waals surface area contributed by atoms with Crippen LogP contribution >= 0.6 is 35.0 Å². The third-order valence-corrected chi connectivity index (χ3v) is 5.47. The summed E-state index contributed by atoms with van der Waals surface area (Å²) in [5.41, 5.74) is 3.28. The minimum Gasteiger partial charge on any atom is -0.349 e. The zero-order valence-electron chi connectivity index (χ0n) is 13.8. The standard InChI is InChI=1S/C19H21Cl2NOS/c1-3-14-7-9-15(10-8-14)13(2)22-19(23)12-24-11-16-17(20)5-4-6-18(16)21/h4-10,13H,3,11-12H2,1-2H3,(H,22,23)/t13-/m1/s1. The average Bonchev–Trinajstić information content (AvgIpc) is 2.57. The molecule has 0 aromatic heterocycles. The highest BCUT2D eigenvalue weighted by atomic mass is 35.5. The molecule has 0 bridgehead atoms. The fourth-order valence-electron chi connectivity index (χ4n) is 2.32. The van der Waals surface area contributed by atoms with E-state index in [1.54, 1.807) is 0 Å². The maximum Gasteiger partial charge on any atom is 0.230 e. The molecule has 2 rings (SSSR count). The zero-order valence-corrected chi connectivity index (χ0v) is 16.1. The van der Waals surface area contributed by atoms with Gasteiger partial charge < -0.3 is 5.32 Å². The van der Waals surface area contributed by atoms with Crippen molar-refractivity contribution in [2.24, 2.45) is 0 Å². The molecule has 5 heteroatoms. The second kappa shape index (κ2) is 9.36. The largest absolute Gasteiger partial charge is 0.349 e. The van der Waals surface area contributed by atoms with Gasteiger partial charge in [0, 0.05) is 15.8 Å². The van der Waals surface area contributed by atoms with Crippen molar-refractivity contribution in [1.82, 2.24) is 5.32 Å². The maximum absolute atomic E-state index is 12.1. The number of hydrogen-bond donors (Lipinski definition) is 1. The summed E-state index contributed by atoms with van der Waals surface area (Å²) in [6.07, 6.45) is 1.02. The summed E-state index contributed by atoms with van der Waals surface area (Å²) in [4.78, 5) is 12.1. The molecule has 2 nitrogen and oxygen atoms in total. The average molecular weight is 382 g/mol. The van der Waals surface area contributed by atoms with Crippen LogP contribution in [-0.2, 0) is 17.0 Å². The lowest BCUT2D eigenvalue weighted by molar-refractivity contribution is -0.119. The molecule has 0 heterocycles. The number of nitrogens with one attached hydrogen (secondary N) is 1. The Bertz CT molecular complexity index is 668. The number of aryl methyl sites for hydroxylation is 1. The number of hydrogen-bond acceptors (Lipinski definition) is 2. The summed E-state index contributed by atoms with van der Waals surface area (Å²) in [5, 5.41) is 4.30. The minimum absolute atomic E-state index is 0.00657. The fraction of sp³-hybridized carbons (Fsp3) is 0.316. The second-order valence-corrected chi connectivity index (χ2v) is 7.38. The van der Waals surface area contributed by atoms with E-state index in [4.69, 9.17) is 23.2 Å². The van der Waals surface area contributed by atoms with E-state index in [0.29, 0.717) is 21.6 Å². The van der Waals surface area contributed by atoms with Gasteiger partial charge in [0.25, 0.3) is 0 Å². The Morgan fingerprint density at radius 2 is 1.75 bits per heavy atom. The van der Waals surface area contributed by atoms with Crippen LogP contribution in [0, 0.1) is 0 Å². The lowest BCUT2D eigenvalue weighted by atomic mass is 10.1. The van der Waals surface area contributed by atoms with Crippen molar-refractivity contribution >= 4 is 40.9 Å². The van der Waals surface area contributed by atoms with Gasteiger partial charge in [0.1, 0.15) is 0 Å². The van der Waals surface area contributed by atoms with Gasteiger partial charge in [-0.05, 0) is 42.2 Å². The summed E-state index contributed by atoms with van der Waals surface area (Å²) in [7, 11) is 0. The van der Waals surface area contributed by atoms with Crippen LogP contribution in [0.15, 0.2) is 42.5 Å². The summed E-state index contributed by atoms with van der Waals surface area (Å²) in [6.45, 7) is 4.12. The molecule has 2 aromatic rings. The minimum atomic E-state index is -0.00657. The van der Waals surface area contributed by atoms with Gasteiger partial charge in [-0.25, -0.2) is 0 Å². The smallest absolute Gasteiger partial charge is 0.230 e. The van der Waals surface area contributed by atoms with Gasteiger partial charge >= 0.3 is 0 Å². The van der Waals surface area contributed by atoms with Gasteiger partial charge in [-0.3, -0.25) is 4.79 Å². The van der Waals surface area contributed by atoms with Gasteiger partial charge in [-0.2, -0.15) is 0 Å². The number of rotatable bonds is 7. The predicted octanol–water partition coefficient (Wildman–Crippen LogP) is 5.67. The Kier molecular flexibility index (Phi) is 7.47. The van der Waals surface area contributed by atoms with Crippen LogP contribution in [0.4, 0.5) is 0 Å². The van der Waals surface area contributed by atoms with E-state index in [1.165, 1.54) is 17.3 Å². The molecular weight excluding hydrogens is 361 g/mol. The van der Waals surface area contributed by atoms with Crippen molar-refractivity contribution in [2.45, 2.75) is 32.1 Å². The van der Waals surface area contributed by atoms with E-state index in [2.05, 4.69) is 36.5 Å². The number of thioether (sulfide) groups is 1. The van der Waals surface area contributed by atoms with E-state index in [1.807, 2.05) is 25.1 Å². The highest BCUT2D eigenvalue weighted by Gasteiger charge is 2.11. The molecule has 1 amide bonds. The molecule has 1 N–H and O–H groups in total. The third kappa shape index (κ3) is 5.44. The Hall–Kier alpha value is -1.16. The quantitative estimate of drug-likeness (QED) is 0.669. The molecule has 2 aromatic carbocycles. The summed E-state index contributed by atoms with van der Waals surface area (Å²) in [6, 6.07) is 13.8. The van der Waals surface area contributed by atoms with Gasteiger partial charge in [0.05, 0.1) is 11.8 Å². The van der Waals surface area contributed by atoms with Crippen LogP contribution < -0.4 is 5.32 Å². The van der Waals surface area contributed by atoms with Crippen LogP contribution in [0.2, 0.25) is 10.0 Å². The van der Waals surface area contributed by atoms with E-state index < -0.39 is 0 Å². The van der Waals surface area contributed by atoms with E-state index >= 15 is 0 Å². The number of benzene rings is 2. The first kappa shape index (κ1) is 19.2. The number of halogens is 2. The van der Waals surface area contributed by atoms with Crippen molar-refractivity contribution in [3.63, 3.8) is 0 Å². The van der Waals surface area contributed by atoms with Crippen LogP contribution in [0.3, 0.4) is 0 Å². The summed E-state index contributed by atoms with van der Waals surface area (Å²) in [5.74, 6) is 1.00. The Balaban J connectivity index is 1.82. The Labute approximate surface area is 157 Å². The molecule has 24 heavy (non-hydrogen) atoms. The predicted molar refractivity (Wildman–Crippen MR) is 105 cm³/mol. The SMILES string of the molecule is CCc1ccc([C@@H](C)NC(=O)CSCc2c(Cl)cccc2Cl)cc1. The van der Waals surface area contributed by atoms with Crippen molar-refractivity contribution in [3.05, 3.63) is 69.2 Å². The van der Waals surface area contributed by atoms with Crippen molar-refractivity contribution in [2.75, 3.05) is 5.75 Å². The molecule has 0 radical (unpaired) electrons. The van der Waals surface area contributed by atoms with Gasteiger partial charge in [-0.1, -0.05) is 60.5 Å².